The Morgan fingerprint density at radius 1 is 1.03 bits per heavy atom. The molecule has 1 unspecified atom stereocenters. The van der Waals surface area contributed by atoms with Gasteiger partial charge in [0.1, 0.15) is 0 Å². The molecule has 0 fully saturated rings. The van der Waals surface area contributed by atoms with Crippen LogP contribution in [0.2, 0.25) is 5.02 Å². The number of anilines is 1. The SMILES string of the molecule is O=C(CCc1nc2ccccc2s1)OC(C(=O)Nc1ccc(Cl)cc1C(F)(F)F)c1ccccc1. The Kier molecular flexibility index (Phi) is 7.37. The molecule has 1 amide bonds. The Balaban J connectivity index is 1.50. The third kappa shape index (κ3) is 6.17. The molecule has 0 bridgehead atoms. The second-order valence-corrected chi connectivity index (χ2v) is 9.08. The van der Waals surface area contributed by atoms with Gasteiger partial charge in [-0.1, -0.05) is 54.1 Å². The number of alkyl halides is 3. The smallest absolute Gasteiger partial charge is 0.418 e. The first-order chi connectivity index (χ1) is 16.7. The molecule has 0 aliphatic heterocycles. The van der Waals surface area contributed by atoms with Crippen LogP contribution < -0.4 is 5.32 Å². The number of nitrogens with one attached hydrogen (secondary N) is 1. The third-order valence-electron chi connectivity index (χ3n) is 5.02. The zero-order valence-corrected chi connectivity index (χ0v) is 19.6. The summed E-state index contributed by atoms with van der Waals surface area (Å²) in [7, 11) is 0. The number of para-hydroxylation sites is 1. The summed E-state index contributed by atoms with van der Waals surface area (Å²) < 4.78 is 46.8. The van der Waals surface area contributed by atoms with E-state index in [0.29, 0.717) is 12.0 Å². The average Bonchev–Trinajstić information content (AvgIpc) is 3.25. The van der Waals surface area contributed by atoms with E-state index in [0.717, 1.165) is 27.4 Å². The average molecular weight is 519 g/mol. The molecule has 1 heterocycles. The van der Waals surface area contributed by atoms with Crippen molar-refractivity contribution in [3.63, 3.8) is 0 Å². The van der Waals surface area contributed by atoms with Gasteiger partial charge >= 0.3 is 12.1 Å². The number of nitrogens with zero attached hydrogens (tertiary/aromatic N) is 1. The molecule has 0 aliphatic carbocycles. The summed E-state index contributed by atoms with van der Waals surface area (Å²) >= 11 is 7.16. The van der Waals surface area contributed by atoms with Gasteiger partial charge in [0.25, 0.3) is 5.91 Å². The van der Waals surface area contributed by atoms with Crippen LogP contribution in [0.3, 0.4) is 0 Å². The van der Waals surface area contributed by atoms with Crippen molar-refractivity contribution >= 4 is 50.7 Å². The van der Waals surface area contributed by atoms with Crippen molar-refractivity contribution in [2.75, 3.05) is 5.32 Å². The fourth-order valence-corrected chi connectivity index (χ4v) is 4.52. The second kappa shape index (κ2) is 10.5. The number of fused-ring (bicyclic) bond motifs is 1. The molecular formula is C25H18ClF3N2O3S. The fraction of sp³-hybridized carbons (Fsp3) is 0.160. The molecule has 0 radical (unpaired) electrons. The Labute approximate surface area is 207 Å². The summed E-state index contributed by atoms with van der Waals surface area (Å²) in [6.07, 6.45) is -5.94. The molecule has 0 saturated heterocycles. The highest BCUT2D eigenvalue weighted by Gasteiger charge is 2.35. The van der Waals surface area contributed by atoms with Crippen molar-refractivity contribution in [3.8, 4) is 0 Å². The fourth-order valence-electron chi connectivity index (χ4n) is 3.39. The number of rotatable bonds is 7. The van der Waals surface area contributed by atoms with Gasteiger partial charge in [-0.05, 0) is 30.3 Å². The number of thiazole rings is 1. The molecule has 4 aromatic rings. The predicted octanol–water partition coefficient (Wildman–Crippen LogP) is 6.82. The van der Waals surface area contributed by atoms with E-state index in [2.05, 4.69) is 10.3 Å². The molecule has 35 heavy (non-hydrogen) atoms. The van der Waals surface area contributed by atoms with Crippen LogP contribution in [0.15, 0.2) is 72.8 Å². The normalized spacial score (nSPS) is 12.3. The van der Waals surface area contributed by atoms with E-state index < -0.39 is 35.4 Å². The topological polar surface area (TPSA) is 68.3 Å². The van der Waals surface area contributed by atoms with E-state index in [1.165, 1.54) is 17.4 Å². The lowest BCUT2D eigenvalue weighted by molar-refractivity contribution is -0.154. The maximum absolute atomic E-state index is 13.5. The quantitative estimate of drug-likeness (QED) is 0.272. The van der Waals surface area contributed by atoms with E-state index in [9.17, 15) is 22.8 Å². The highest BCUT2D eigenvalue weighted by atomic mass is 35.5. The number of ether oxygens (including phenoxy) is 1. The maximum Gasteiger partial charge on any atom is 0.418 e. The van der Waals surface area contributed by atoms with Gasteiger partial charge in [-0.2, -0.15) is 13.2 Å². The van der Waals surface area contributed by atoms with Crippen molar-refractivity contribution < 1.29 is 27.5 Å². The lowest BCUT2D eigenvalue weighted by Gasteiger charge is -2.20. The standard InChI is InChI=1S/C25H18ClF3N2O3S/c26-16-10-11-18(17(14-16)25(27,28)29)31-24(33)23(15-6-2-1-3-7-15)34-22(32)13-12-21-30-19-8-4-5-9-20(19)35-21/h1-11,14,23H,12-13H2,(H,31,33). The van der Waals surface area contributed by atoms with Crippen molar-refractivity contribution in [1.82, 2.24) is 4.98 Å². The number of aromatic nitrogens is 1. The molecule has 0 saturated carbocycles. The molecule has 180 valence electrons. The van der Waals surface area contributed by atoms with Crippen LogP contribution in [-0.2, 0) is 26.9 Å². The number of hydrogen-bond acceptors (Lipinski definition) is 5. The number of amides is 1. The first-order valence-electron chi connectivity index (χ1n) is 10.5. The van der Waals surface area contributed by atoms with Crippen LogP contribution in [0.5, 0.6) is 0 Å². The van der Waals surface area contributed by atoms with Gasteiger partial charge in [-0.15, -0.1) is 11.3 Å². The first kappa shape index (κ1) is 24.7. The first-order valence-corrected chi connectivity index (χ1v) is 11.7. The summed E-state index contributed by atoms with van der Waals surface area (Å²) in [6, 6.07) is 18.6. The van der Waals surface area contributed by atoms with E-state index >= 15 is 0 Å². The number of halogens is 4. The van der Waals surface area contributed by atoms with E-state index in [4.69, 9.17) is 16.3 Å². The minimum absolute atomic E-state index is 0.0504. The molecule has 1 atom stereocenters. The number of aryl methyl sites for hydroxylation is 1. The van der Waals surface area contributed by atoms with Gasteiger partial charge < -0.3 is 10.1 Å². The van der Waals surface area contributed by atoms with Gasteiger partial charge in [0.05, 0.1) is 32.9 Å². The van der Waals surface area contributed by atoms with Crippen LogP contribution in [0, 0.1) is 0 Å². The second-order valence-electron chi connectivity index (χ2n) is 7.53. The maximum atomic E-state index is 13.5. The van der Waals surface area contributed by atoms with E-state index in [1.807, 2.05) is 24.3 Å². The minimum atomic E-state index is -4.75. The van der Waals surface area contributed by atoms with Crippen molar-refractivity contribution in [3.05, 3.63) is 94.0 Å². The molecule has 3 aromatic carbocycles. The van der Waals surface area contributed by atoms with Gasteiger partial charge in [0.2, 0.25) is 6.10 Å². The van der Waals surface area contributed by atoms with Crippen LogP contribution in [0.25, 0.3) is 10.2 Å². The minimum Gasteiger partial charge on any atom is -0.447 e. The van der Waals surface area contributed by atoms with Crippen LogP contribution in [-0.4, -0.2) is 16.9 Å². The van der Waals surface area contributed by atoms with Gasteiger partial charge in [0, 0.05) is 17.0 Å². The molecule has 0 aliphatic rings. The van der Waals surface area contributed by atoms with Crippen molar-refractivity contribution in [2.45, 2.75) is 25.1 Å². The van der Waals surface area contributed by atoms with Crippen LogP contribution in [0.4, 0.5) is 18.9 Å². The highest BCUT2D eigenvalue weighted by molar-refractivity contribution is 7.18. The highest BCUT2D eigenvalue weighted by Crippen LogP contribution is 2.37. The third-order valence-corrected chi connectivity index (χ3v) is 6.35. The number of carbonyl (C=O) groups excluding carboxylic acids is 2. The summed E-state index contributed by atoms with van der Waals surface area (Å²) in [5.41, 5.74) is -0.447. The van der Waals surface area contributed by atoms with Crippen LogP contribution >= 0.6 is 22.9 Å². The zero-order chi connectivity index (χ0) is 25.0. The summed E-state index contributed by atoms with van der Waals surface area (Å²) in [6.45, 7) is 0. The molecule has 5 nitrogen and oxygen atoms in total. The molecule has 1 N–H and O–H groups in total. The summed E-state index contributed by atoms with van der Waals surface area (Å²) in [5, 5.41) is 2.84. The van der Waals surface area contributed by atoms with Crippen LogP contribution in [0.1, 0.15) is 28.7 Å². The molecule has 1 aromatic heterocycles. The molecule has 0 spiro atoms. The zero-order valence-electron chi connectivity index (χ0n) is 18.0. The van der Waals surface area contributed by atoms with E-state index in [-0.39, 0.29) is 11.4 Å². The molecule has 4 rings (SSSR count). The van der Waals surface area contributed by atoms with Crippen molar-refractivity contribution in [1.29, 1.82) is 0 Å². The Hall–Kier alpha value is -3.43. The predicted molar refractivity (Wildman–Crippen MR) is 128 cm³/mol. The lowest BCUT2D eigenvalue weighted by atomic mass is 10.1. The molecular weight excluding hydrogens is 501 g/mol. The van der Waals surface area contributed by atoms with Gasteiger partial charge in [0.15, 0.2) is 0 Å². The van der Waals surface area contributed by atoms with Gasteiger partial charge in [-0.25, -0.2) is 4.98 Å². The number of carbonyl (C=O) groups is 2. The Bertz CT molecular complexity index is 1330. The summed E-state index contributed by atoms with van der Waals surface area (Å²) in [4.78, 5) is 30.1. The molecule has 10 heteroatoms. The Morgan fingerprint density at radius 2 is 1.74 bits per heavy atom. The van der Waals surface area contributed by atoms with E-state index in [1.54, 1.807) is 30.3 Å². The summed E-state index contributed by atoms with van der Waals surface area (Å²) in [5.74, 6) is -1.60. The number of benzene rings is 3. The Morgan fingerprint density at radius 3 is 2.46 bits per heavy atom. The number of esters is 1. The monoisotopic (exact) mass is 518 g/mol. The number of hydrogen-bond donors (Lipinski definition) is 1. The largest absolute Gasteiger partial charge is 0.447 e. The lowest BCUT2D eigenvalue weighted by Crippen LogP contribution is -2.27. The van der Waals surface area contributed by atoms with Crippen molar-refractivity contribution in [2.24, 2.45) is 0 Å². The van der Waals surface area contributed by atoms with Gasteiger partial charge in [-0.3, -0.25) is 9.59 Å².